The summed E-state index contributed by atoms with van der Waals surface area (Å²) in [6.45, 7) is 4.71. The molecule has 0 saturated carbocycles. The van der Waals surface area contributed by atoms with Crippen LogP contribution < -0.4 is 15.4 Å². The van der Waals surface area contributed by atoms with Gasteiger partial charge in [-0.25, -0.2) is 4.98 Å². The van der Waals surface area contributed by atoms with Crippen molar-refractivity contribution in [2.75, 3.05) is 24.3 Å². The van der Waals surface area contributed by atoms with Crippen LogP contribution in [0.1, 0.15) is 16.8 Å². The minimum Gasteiger partial charge on any atom is -0.495 e. The van der Waals surface area contributed by atoms with Crippen molar-refractivity contribution in [2.24, 2.45) is 0 Å². The summed E-state index contributed by atoms with van der Waals surface area (Å²) < 4.78 is 5.42. The number of anilines is 3. The lowest BCUT2D eigenvalue weighted by molar-refractivity contribution is 0.416. The molecule has 1 heterocycles. The maximum atomic E-state index is 6.03. The lowest BCUT2D eigenvalue weighted by Crippen LogP contribution is -2.09. The Morgan fingerprint density at radius 1 is 1.04 bits per heavy atom. The average molecular weight is 383 g/mol. The molecule has 27 heavy (non-hydrogen) atoms. The fourth-order valence-corrected chi connectivity index (χ4v) is 2.99. The van der Waals surface area contributed by atoms with Crippen LogP contribution >= 0.6 is 11.6 Å². The van der Waals surface area contributed by atoms with E-state index in [0.29, 0.717) is 5.95 Å². The van der Waals surface area contributed by atoms with Gasteiger partial charge in [0.25, 0.3) is 0 Å². The first-order valence-corrected chi connectivity index (χ1v) is 9.17. The average Bonchev–Trinajstić information content (AvgIpc) is 2.61. The molecule has 0 bridgehead atoms. The van der Waals surface area contributed by atoms with Gasteiger partial charge in [-0.3, -0.25) is 0 Å². The quantitative estimate of drug-likeness (QED) is 0.591. The molecule has 0 aliphatic carbocycles. The highest BCUT2D eigenvalue weighted by atomic mass is 35.5. The Balaban J connectivity index is 1.70. The van der Waals surface area contributed by atoms with Gasteiger partial charge in [0.2, 0.25) is 5.95 Å². The van der Waals surface area contributed by atoms with Gasteiger partial charge < -0.3 is 15.4 Å². The number of aryl methyl sites for hydroxylation is 2. The van der Waals surface area contributed by atoms with Gasteiger partial charge >= 0.3 is 0 Å². The monoisotopic (exact) mass is 382 g/mol. The number of halogens is 1. The highest BCUT2D eigenvalue weighted by molar-refractivity contribution is 6.30. The van der Waals surface area contributed by atoms with Gasteiger partial charge in [-0.1, -0.05) is 29.8 Å². The van der Waals surface area contributed by atoms with Crippen LogP contribution in [-0.2, 0) is 6.42 Å². The SMILES string of the molecule is COc1ccc(C)cc1Nc1cc(C)nc(NCCc2cccc(Cl)c2)n1. The van der Waals surface area contributed by atoms with Gasteiger partial charge in [0.05, 0.1) is 12.8 Å². The lowest BCUT2D eigenvalue weighted by Gasteiger charge is -2.13. The molecule has 0 aliphatic rings. The summed E-state index contributed by atoms with van der Waals surface area (Å²) in [5.41, 5.74) is 4.07. The van der Waals surface area contributed by atoms with Crippen LogP contribution in [0.2, 0.25) is 5.02 Å². The predicted molar refractivity (Wildman–Crippen MR) is 111 cm³/mol. The van der Waals surface area contributed by atoms with E-state index in [-0.39, 0.29) is 0 Å². The second-order valence-corrected chi connectivity index (χ2v) is 6.79. The molecule has 3 aromatic rings. The minimum absolute atomic E-state index is 0.589. The Kier molecular flexibility index (Phi) is 6.14. The summed E-state index contributed by atoms with van der Waals surface area (Å²) in [5.74, 6) is 2.08. The first-order chi connectivity index (χ1) is 13.0. The molecule has 0 atom stereocenters. The van der Waals surface area contributed by atoms with Gasteiger partial charge in [-0.2, -0.15) is 4.98 Å². The third-order valence-corrected chi connectivity index (χ3v) is 4.29. The summed E-state index contributed by atoms with van der Waals surface area (Å²) in [6.07, 6.45) is 0.840. The number of hydrogen-bond acceptors (Lipinski definition) is 5. The van der Waals surface area contributed by atoms with Gasteiger partial charge in [-0.15, -0.1) is 0 Å². The minimum atomic E-state index is 0.589. The zero-order chi connectivity index (χ0) is 19.2. The summed E-state index contributed by atoms with van der Waals surface area (Å²) >= 11 is 6.03. The molecule has 6 heteroatoms. The normalized spacial score (nSPS) is 10.5. The van der Waals surface area contributed by atoms with Gasteiger partial charge in [0, 0.05) is 23.3 Å². The maximum absolute atomic E-state index is 6.03. The van der Waals surface area contributed by atoms with Crippen molar-refractivity contribution in [2.45, 2.75) is 20.3 Å². The number of aromatic nitrogens is 2. The molecule has 0 amide bonds. The van der Waals surface area contributed by atoms with E-state index in [1.165, 1.54) is 5.56 Å². The third-order valence-electron chi connectivity index (χ3n) is 4.06. The molecule has 0 spiro atoms. The van der Waals surface area contributed by atoms with Crippen LogP contribution in [-0.4, -0.2) is 23.6 Å². The Labute approximate surface area is 164 Å². The molecule has 5 nitrogen and oxygen atoms in total. The van der Waals surface area contributed by atoms with Crippen LogP contribution in [0.5, 0.6) is 5.75 Å². The molecule has 0 fully saturated rings. The number of nitrogens with one attached hydrogen (secondary N) is 2. The fourth-order valence-electron chi connectivity index (χ4n) is 2.78. The third kappa shape index (κ3) is 5.34. The van der Waals surface area contributed by atoms with E-state index in [0.717, 1.165) is 46.5 Å². The van der Waals surface area contributed by atoms with Crippen LogP contribution in [0.15, 0.2) is 48.5 Å². The van der Waals surface area contributed by atoms with Crippen LogP contribution in [0.4, 0.5) is 17.5 Å². The van der Waals surface area contributed by atoms with Gasteiger partial charge in [-0.05, 0) is 55.7 Å². The Hall–Kier alpha value is -2.79. The number of hydrogen-bond donors (Lipinski definition) is 2. The van der Waals surface area contributed by atoms with Gasteiger partial charge in [0.1, 0.15) is 11.6 Å². The number of rotatable bonds is 7. The van der Waals surface area contributed by atoms with Crippen molar-refractivity contribution < 1.29 is 4.74 Å². The number of benzene rings is 2. The molecular weight excluding hydrogens is 360 g/mol. The van der Waals surface area contributed by atoms with E-state index >= 15 is 0 Å². The molecule has 2 N–H and O–H groups in total. The van der Waals surface area contributed by atoms with E-state index in [1.807, 2.05) is 56.3 Å². The zero-order valence-corrected chi connectivity index (χ0v) is 16.5. The molecule has 3 rings (SSSR count). The van der Waals surface area contributed by atoms with Crippen LogP contribution in [0.25, 0.3) is 0 Å². The molecule has 2 aromatic carbocycles. The Morgan fingerprint density at radius 3 is 2.67 bits per heavy atom. The van der Waals surface area contributed by atoms with E-state index in [2.05, 4.69) is 26.7 Å². The Bertz CT molecular complexity index is 930. The molecule has 140 valence electrons. The maximum Gasteiger partial charge on any atom is 0.224 e. The first kappa shape index (κ1) is 19.0. The Morgan fingerprint density at radius 2 is 1.89 bits per heavy atom. The number of ether oxygens (including phenoxy) is 1. The summed E-state index contributed by atoms with van der Waals surface area (Å²) in [6, 6.07) is 15.7. The van der Waals surface area contributed by atoms with Crippen molar-refractivity contribution >= 4 is 29.1 Å². The second kappa shape index (κ2) is 8.73. The van der Waals surface area contributed by atoms with Crippen LogP contribution in [0, 0.1) is 13.8 Å². The van der Waals surface area contributed by atoms with Crippen molar-refractivity contribution in [3.8, 4) is 5.75 Å². The summed E-state index contributed by atoms with van der Waals surface area (Å²) in [5, 5.41) is 7.36. The predicted octanol–water partition coefficient (Wildman–Crippen LogP) is 5.15. The topological polar surface area (TPSA) is 59.1 Å². The van der Waals surface area contributed by atoms with Crippen molar-refractivity contribution in [1.82, 2.24) is 9.97 Å². The molecule has 0 saturated heterocycles. The number of methoxy groups -OCH3 is 1. The highest BCUT2D eigenvalue weighted by Crippen LogP contribution is 2.28. The second-order valence-electron chi connectivity index (χ2n) is 6.35. The molecular formula is C21H23ClN4O. The smallest absolute Gasteiger partial charge is 0.224 e. The molecule has 0 radical (unpaired) electrons. The largest absolute Gasteiger partial charge is 0.495 e. The standard InChI is InChI=1S/C21H23ClN4O/c1-14-7-8-19(27-3)18(11-14)25-20-12-15(2)24-21(26-20)23-10-9-16-5-4-6-17(22)13-16/h4-8,11-13H,9-10H2,1-3H3,(H2,23,24,25,26). The van der Waals surface area contributed by atoms with E-state index in [1.54, 1.807) is 7.11 Å². The van der Waals surface area contributed by atoms with Crippen LogP contribution in [0.3, 0.4) is 0 Å². The number of nitrogens with zero attached hydrogens (tertiary/aromatic N) is 2. The van der Waals surface area contributed by atoms with E-state index in [4.69, 9.17) is 16.3 Å². The molecule has 0 aliphatic heterocycles. The first-order valence-electron chi connectivity index (χ1n) is 8.79. The highest BCUT2D eigenvalue weighted by Gasteiger charge is 2.07. The van der Waals surface area contributed by atoms with Gasteiger partial charge in [0.15, 0.2) is 0 Å². The fraction of sp³-hybridized carbons (Fsp3) is 0.238. The zero-order valence-electron chi connectivity index (χ0n) is 15.7. The van der Waals surface area contributed by atoms with Crippen molar-refractivity contribution in [3.05, 3.63) is 70.4 Å². The van der Waals surface area contributed by atoms with Crippen molar-refractivity contribution in [3.63, 3.8) is 0 Å². The molecule has 1 aromatic heterocycles. The summed E-state index contributed by atoms with van der Waals surface area (Å²) in [4.78, 5) is 9.03. The lowest BCUT2D eigenvalue weighted by atomic mass is 10.1. The molecule has 0 unspecified atom stereocenters. The van der Waals surface area contributed by atoms with E-state index < -0.39 is 0 Å². The van der Waals surface area contributed by atoms with E-state index in [9.17, 15) is 0 Å². The van der Waals surface area contributed by atoms with Crippen molar-refractivity contribution in [1.29, 1.82) is 0 Å². The summed E-state index contributed by atoms with van der Waals surface area (Å²) in [7, 11) is 1.66.